The average molecular weight is 346 g/mol. The number of nitrogens with zero attached hydrogens (tertiary/aromatic N) is 2. The zero-order valence-corrected chi connectivity index (χ0v) is 15.4. The molecule has 1 amide bonds. The zero-order chi connectivity index (χ0) is 18.7. The number of amides is 1. The van der Waals surface area contributed by atoms with E-state index in [0.717, 1.165) is 22.5 Å². The molecular formula is C21H22N4O. The fourth-order valence-electron chi connectivity index (χ4n) is 2.62. The first-order chi connectivity index (χ1) is 12.4. The Labute approximate surface area is 153 Å². The van der Waals surface area contributed by atoms with Crippen molar-refractivity contribution >= 4 is 23.1 Å². The number of benzene rings is 2. The van der Waals surface area contributed by atoms with Crippen LogP contribution in [0.4, 0.5) is 17.2 Å². The lowest BCUT2D eigenvalue weighted by Crippen LogP contribution is -2.15. The third-order valence-corrected chi connectivity index (χ3v) is 4.29. The first kappa shape index (κ1) is 17.6. The van der Waals surface area contributed by atoms with Crippen LogP contribution in [0.2, 0.25) is 0 Å². The molecule has 2 N–H and O–H groups in total. The van der Waals surface area contributed by atoms with E-state index in [0.29, 0.717) is 5.82 Å². The minimum absolute atomic E-state index is 0.274. The van der Waals surface area contributed by atoms with E-state index in [-0.39, 0.29) is 11.6 Å². The summed E-state index contributed by atoms with van der Waals surface area (Å²) in [4.78, 5) is 20.9. The predicted molar refractivity (Wildman–Crippen MR) is 105 cm³/mol. The number of anilines is 3. The molecule has 0 aliphatic rings. The Bertz CT molecular complexity index is 949. The van der Waals surface area contributed by atoms with Crippen molar-refractivity contribution in [3.05, 3.63) is 76.7 Å². The number of aryl methyl sites for hydroxylation is 4. The monoisotopic (exact) mass is 346 g/mol. The summed E-state index contributed by atoms with van der Waals surface area (Å²) in [5.41, 5.74) is 6.60. The third-order valence-electron chi connectivity index (χ3n) is 4.29. The lowest BCUT2D eigenvalue weighted by molar-refractivity contribution is 0.102. The molecule has 0 bridgehead atoms. The average Bonchev–Trinajstić information content (AvgIpc) is 2.61. The minimum atomic E-state index is -0.276. The summed E-state index contributed by atoms with van der Waals surface area (Å²) in [5.74, 6) is 0.318. The van der Waals surface area contributed by atoms with Crippen LogP contribution in [0.1, 0.15) is 32.7 Å². The van der Waals surface area contributed by atoms with E-state index < -0.39 is 0 Å². The van der Waals surface area contributed by atoms with Gasteiger partial charge in [0.2, 0.25) is 0 Å². The van der Waals surface area contributed by atoms with Gasteiger partial charge in [-0.1, -0.05) is 23.8 Å². The molecule has 1 aromatic heterocycles. The molecule has 0 saturated heterocycles. The van der Waals surface area contributed by atoms with Crippen LogP contribution in [0.15, 0.2) is 48.8 Å². The van der Waals surface area contributed by atoms with Gasteiger partial charge >= 0.3 is 0 Å². The van der Waals surface area contributed by atoms with Crippen LogP contribution in [0.5, 0.6) is 0 Å². The van der Waals surface area contributed by atoms with E-state index in [4.69, 9.17) is 0 Å². The maximum atomic E-state index is 12.4. The Kier molecular flexibility index (Phi) is 4.98. The highest BCUT2D eigenvalue weighted by atomic mass is 16.1. The summed E-state index contributed by atoms with van der Waals surface area (Å²) in [7, 11) is 0. The van der Waals surface area contributed by atoms with Crippen molar-refractivity contribution in [1.82, 2.24) is 9.97 Å². The normalized spacial score (nSPS) is 10.5. The van der Waals surface area contributed by atoms with Gasteiger partial charge < -0.3 is 10.6 Å². The first-order valence-electron chi connectivity index (χ1n) is 8.47. The maximum absolute atomic E-state index is 12.4. The molecule has 1 heterocycles. The van der Waals surface area contributed by atoms with E-state index in [2.05, 4.69) is 46.6 Å². The number of rotatable bonds is 4. The molecule has 3 rings (SSSR count). The summed E-state index contributed by atoms with van der Waals surface area (Å²) in [6.45, 7) is 8.12. The van der Waals surface area contributed by atoms with E-state index in [1.807, 2.05) is 38.1 Å². The molecule has 3 aromatic rings. The van der Waals surface area contributed by atoms with Gasteiger partial charge in [0.1, 0.15) is 11.5 Å². The number of nitrogens with one attached hydrogen (secondary N) is 2. The SMILES string of the molecule is Cc1ccc(NC(=O)c2cnc(Nc3ccc(C)c(C)c3)cn2)c(C)c1. The van der Waals surface area contributed by atoms with Crippen LogP contribution in [-0.2, 0) is 0 Å². The second-order valence-corrected chi connectivity index (χ2v) is 6.48. The quantitative estimate of drug-likeness (QED) is 0.718. The third kappa shape index (κ3) is 4.06. The molecule has 0 saturated carbocycles. The largest absolute Gasteiger partial charge is 0.339 e. The van der Waals surface area contributed by atoms with Gasteiger partial charge in [-0.3, -0.25) is 4.79 Å². The van der Waals surface area contributed by atoms with Crippen LogP contribution < -0.4 is 10.6 Å². The Balaban J connectivity index is 1.70. The van der Waals surface area contributed by atoms with Crippen LogP contribution in [0.25, 0.3) is 0 Å². The molecule has 0 radical (unpaired) electrons. The summed E-state index contributed by atoms with van der Waals surface area (Å²) in [6, 6.07) is 12.0. The minimum Gasteiger partial charge on any atom is -0.339 e. The molecule has 0 atom stereocenters. The second-order valence-electron chi connectivity index (χ2n) is 6.48. The Hall–Kier alpha value is -3.21. The Morgan fingerprint density at radius 3 is 2.31 bits per heavy atom. The van der Waals surface area contributed by atoms with Crippen molar-refractivity contribution in [2.24, 2.45) is 0 Å². The summed E-state index contributed by atoms with van der Waals surface area (Å²) in [5, 5.41) is 6.07. The van der Waals surface area contributed by atoms with Crippen LogP contribution >= 0.6 is 0 Å². The molecular weight excluding hydrogens is 324 g/mol. The fourth-order valence-corrected chi connectivity index (χ4v) is 2.62. The molecule has 5 heteroatoms. The lowest BCUT2D eigenvalue weighted by atomic mass is 10.1. The Morgan fingerprint density at radius 1 is 0.846 bits per heavy atom. The lowest BCUT2D eigenvalue weighted by Gasteiger charge is -2.10. The summed E-state index contributed by atoms with van der Waals surface area (Å²) in [6.07, 6.45) is 3.04. The van der Waals surface area contributed by atoms with Crippen molar-refractivity contribution in [3.63, 3.8) is 0 Å². The highest BCUT2D eigenvalue weighted by Crippen LogP contribution is 2.19. The fraction of sp³-hybridized carbons (Fsp3) is 0.190. The molecule has 0 spiro atoms. The molecule has 132 valence electrons. The maximum Gasteiger partial charge on any atom is 0.275 e. The molecule has 0 aliphatic heterocycles. The molecule has 5 nitrogen and oxygen atoms in total. The van der Waals surface area contributed by atoms with Gasteiger partial charge in [-0.25, -0.2) is 9.97 Å². The van der Waals surface area contributed by atoms with Gasteiger partial charge in [0, 0.05) is 11.4 Å². The molecule has 0 fully saturated rings. The number of hydrogen-bond acceptors (Lipinski definition) is 4. The highest BCUT2D eigenvalue weighted by molar-refractivity contribution is 6.03. The van der Waals surface area contributed by atoms with Gasteiger partial charge in [-0.15, -0.1) is 0 Å². The second kappa shape index (κ2) is 7.35. The smallest absolute Gasteiger partial charge is 0.275 e. The van der Waals surface area contributed by atoms with E-state index in [1.54, 1.807) is 6.20 Å². The summed E-state index contributed by atoms with van der Waals surface area (Å²) >= 11 is 0. The van der Waals surface area contributed by atoms with Crippen LogP contribution in [0, 0.1) is 27.7 Å². The van der Waals surface area contributed by atoms with Crippen LogP contribution in [-0.4, -0.2) is 15.9 Å². The number of hydrogen-bond donors (Lipinski definition) is 2. The van der Waals surface area contributed by atoms with E-state index in [9.17, 15) is 4.79 Å². The number of carbonyl (C=O) groups is 1. The Morgan fingerprint density at radius 2 is 1.65 bits per heavy atom. The summed E-state index contributed by atoms with van der Waals surface area (Å²) < 4.78 is 0. The van der Waals surface area contributed by atoms with Gasteiger partial charge in [0.25, 0.3) is 5.91 Å². The van der Waals surface area contributed by atoms with E-state index >= 15 is 0 Å². The zero-order valence-electron chi connectivity index (χ0n) is 15.4. The van der Waals surface area contributed by atoms with Crippen molar-refractivity contribution in [2.45, 2.75) is 27.7 Å². The van der Waals surface area contributed by atoms with Gasteiger partial charge in [0.15, 0.2) is 0 Å². The molecule has 0 unspecified atom stereocenters. The van der Waals surface area contributed by atoms with Crippen molar-refractivity contribution in [3.8, 4) is 0 Å². The van der Waals surface area contributed by atoms with Crippen molar-refractivity contribution in [2.75, 3.05) is 10.6 Å². The van der Waals surface area contributed by atoms with Gasteiger partial charge in [0.05, 0.1) is 12.4 Å². The molecule has 0 aliphatic carbocycles. The highest BCUT2D eigenvalue weighted by Gasteiger charge is 2.10. The predicted octanol–water partition coefficient (Wildman–Crippen LogP) is 4.71. The molecule has 2 aromatic carbocycles. The number of aromatic nitrogens is 2. The van der Waals surface area contributed by atoms with Gasteiger partial charge in [-0.2, -0.15) is 0 Å². The van der Waals surface area contributed by atoms with Crippen molar-refractivity contribution in [1.29, 1.82) is 0 Å². The van der Waals surface area contributed by atoms with Gasteiger partial charge in [-0.05, 0) is 62.6 Å². The van der Waals surface area contributed by atoms with E-state index in [1.165, 1.54) is 17.3 Å². The first-order valence-corrected chi connectivity index (χ1v) is 8.47. The topological polar surface area (TPSA) is 66.9 Å². The number of carbonyl (C=O) groups excluding carboxylic acids is 1. The standard InChI is InChI=1S/C21H22N4O/c1-13-5-8-18(16(4)9-13)25-21(26)19-11-23-20(12-22-19)24-17-7-6-14(2)15(3)10-17/h5-12H,1-4H3,(H,23,24)(H,25,26). The van der Waals surface area contributed by atoms with Crippen LogP contribution in [0.3, 0.4) is 0 Å². The molecule has 26 heavy (non-hydrogen) atoms. The van der Waals surface area contributed by atoms with Crippen molar-refractivity contribution < 1.29 is 4.79 Å².